The number of sulfonamides is 1. The number of rotatable bonds is 5. The van der Waals surface area contributed by atoms with Gasteiger partial charge < -0.3 is 5.32 Å². The van der Waals surface area contributed by atoms with E-state index in [2.05, 4.69) is 10.0 Å². The zero-order valence-electron chi connectivity index (χ0n) is 7.20. The quantitative estimate of drug-likeness (QED) is 0.574. The van der Waals surface area contributed by atoms with E-state index >= 15 is 0 Å². The summed E-state index contributed by atoms with van der Waals surface area (Å²) in [5.74, 6) is -0.833. The lowest BCUT2D eigenvalue weighted by Gasteiger charge is -2.01. The van der Waals surface area contributed by atoms with Crippen LogP contribution in [0.25, 0.3) is 0 Å². The first-order valence-electron chi connectivity index (χ1n) is 3.56. The van der Waals surface area contributed by atoms with Crippen molar-refractivity contribution in [3.63, 3.8) is 0 Å². The topological polar surface area (TPSA) is 99.1 Å². The molecular formula is C6H11N3O3S. The fourth-order valence-electron chi connectivity index (χ4n) is 0.581. The number of carbonyl (C=O) groups excluding carboxylic acids is 1. The van der Waals surface area contributed by atoms with Crippen LogP contribution in [0, 0.1) is 11.3 Å². The number of hydrogen-bond donors (Lipinski definition) is 2. The van der Waals surface area contributed by atoms with Gasteiger partial charge in [0.25, 0.3) is 0 Å². The van der Waals surface area contributed by atoms with Gasteiger partial charge >= 0.3 is 0 Å². The average molecular weight is 205 g/mol. The number of nitriles is 1. The third kappa shape index (κ3) is 6.07. The molecule has 1 amide bonds. The van der Waals surface area contributed by atoms with E-state index in [0.29, 0.717) is 0 Å². The van der Waals surface area contributed by atoms with Gasteiger partial charge in [-0.25, -0.2) is 13.1 Å². The Bertz CT molecular complexity index is 304. The van der Waals surface area contributed by atoms with Crippen molar-refractivity contribution < 1.29 is 13.2 Å². The fraction of sp³-hybridized carbons (Fsp3) is 0.667. The van der Waals surface area contributed by atoms with Gasteiger partial charge in [-0.1, -0.05) is 0 Å². The van der Waals surface area contributed by atoms with Gasteiger partial charge in [0.1, 0.15) is 0 Å². The molecule has 6 nitrogen and oxygen atoms in total. The summed E-state index contributed by atoms with van der Waals surface area (Å²) in [6.45, 7) is 0.0175. The highest BCUT2D eigenvalue weighted by Crippen LogP contribution is 1.83. The maximum Gasteiger partial charge on any atom is 0.225 e. The van der Waals surface area contributed by atoms with E-state index in [1.807, 2.05) is 0 Å². The summed E-state index contributed by atoms with van der Waals surface area (Å²) in [6.07, 6.45) is 0.0706. The van der Waals surface area contributed by atoms with Crippen molar-refractivity contribution in [1.29, 1.82) is 5.26 Å². The predicted molar refractivity (Wildman–Crippen MR) is 46.1 cm³/mol. The monoisotopic (exact) mass is 205 g/mol. The summed E-state index contributed by atoms with van der Waals surface area (Å²) in [7, 11) is -2.06. The van der Waals surface area contributed by atoms with E-state index in [-0.39, 0.29) is 18.9 Å². The first-order chi connectivity index (χ1) is 6.02. The molecule has 0 saturated heterocycles. The Morgan fingerprint density at radius 3 is 2.62 bits per heavy atom. The Kier molecular flexibility index (Phi) is 5.03. The SMILES string of the molecule is CNC(=O)CCNS(=O)(=O)CC#N. The molecule has 0 atom stereocenters. The Morgan fingerprint density at radius 1 is 1.54 bits per heavy atom. The summed E-state index contributed by atoms with van der Waals surface area (Å²) < 4.78 is 23.8. The Labute approximate surface area is 77.0 Å². The normalized spacial score (nSPS) is 10.5. The Hall–Kier alpha value is -1.13. The van der Waals surface area contributed by atoms with Crippen LogP contribution in [-0.4, -0.2) is 33.7 Å². The van der Waals surface area contributed by atoms with Crippen LogP contribution in [0.5, 0.6) is 0 Å². The third-order valence-electron chi connectivity index (χ3n) is 1.21. The molecule has 0 aliphatic carbocycles. The van der Waals surface area contributed by atoms with Crippen LogP contribution in [0.4, 0.5) is 0 Å². The molecule has 0 fully saturated rings. The number of amides is 1. The highest BCUT2D eigenvalue weighted by molar-refractivity contribution is 7.89. The second kappa shape index (κ2) is 5.50. The lowest BCUT2D eigenvalue weighted by molar-refractivity contribution is -0.120. The van der Waals surface area contributed by atoms with Gasteiger partial charge in [-0.05, 0) is 0 Å². The largest absolute Gasteiger partial charge is 0.359 e. The third-order valence-corrected chi connectivity index (χ3v) is 2.36. The van der Waals surface area contributed by atoms with Gasteiger partial charge in [0.05, 0.1) is 6.07 Å². The smallest absolute Gasteiger partial charge is 0.225 e. The highest BCUT2D eigenvalue weighted by atomic mass is 32.2. The summed E-state index contributed by atoms with van der Waals surface area (Å²) in [6, 6.07) is 1.51. The second-order valence-corrected chi connectivity index (χ2v) is 4.04. The van der Waals surface area contributed by atoms with E-state index < -0.39 is 15.8 Å². The number of nitrogens with one attached hydrogen (secondary N) is 2. The molecule has 2 N–H and O–H groups in total. The van der Waals surface area contributed by atoms with Crippen LogP contribution in [0.2, 0.25) is 0 Å². The summed E-state index contributed by atoms with van der Waals surface area (Å²) in [5.41, 5.74) is 0. The molecule has 0 aromatic carbocycles. The Morgan fingerprint density at radius 2 is 2.15 bits per heavy atom. The van der Waals surface area contributed by atoms with E-state index in [4.69, 9.17) is 5.26 Å². The zero-order chi connectivity index (χ0) is 10.3. The molecule has 0 spiro atoms. The predicted octanol–water partition coefficient (Wildman–Crippen LogP) is -1.43. The molecule has 0 rings (SSSR count). The molecule has 0 aliphatic heterocycles. The minimum absolute atomic E-state index is 0.0175. The zero-order valence-corrected chi connectivity index (χ0v) is 8.02. The maximum atomic E-state index is 10.8. The lowest BCUT2D eigenvalue weighted by Crippen LogP contribution is -2.30. The van der Waals surface area contributed by atoms with E-state index in [1.165, 1.54) is 13.1 Å². The van der Waals surface area contributed by atoms with Gasteiger partial charge in [0.2, 0.25) is 15.9 Å². The molecule has 0 aromatic rings. The van der Waals surface area contributed by atoms with Crippen molar-refractivity contribution in [2.24, 2.45) is 0 Å². The minimum atomic E-state index is -3.53. The molecule has 0 unspecified atom stereocenters. The van der Waals surface area contributed by atoms with Crippen molar-refractivity contribution >= 4 is 15.9 Å². The molecule has 7 heteroatoms. The Balaban J connectivity index is 3.78. The number of nitrogens with zero attached hydrogens (tertiary/aromatic N) is 1. The number of carbonyl (C=O) groups is 1. The van der Waals surface area contributed by atoms with E-state index in [1.54, 1.807) is 0 Å². The second-order valence-electron chi connectivity index (χ2n) is 2.23. The van der Waals surface area contributed by atoms with Crippen molar-refractivity contribution in [2.75, 3.05) is 19.3 Å². The molecule has 0 heterocycles. The number of hydrogen-bond acceptors (Lipinski definition) is 4. The van der Waals surface area contributed by atoms with Crippen LogP contribution >= 0.6 is 0 Å². The van der Waals surface area contributed by atoms with Crippen molar-refractivity contribution in [2.45, 2.75) is 6.42 Å². The minimum Gasteiger partial charge on any atom is -0.359 e. The first-order valence-corrected chi connectivity index (χ1v) is 5.22. The van der Waals surface area contributed by atoms with Crippen LogP contribution in [0.1, 0.15) is 6.42 Å². The highest BCUT2D eigenvalue weighted by Gasteiger charge is 2.08. The fourth-order valence-corrected chi connectivity index (χ4v) is 1.27. The van der Waals surface area contributed by atoms with Crippen molar-refractivity contribution in [3.8, 4) is 6.07 Å². The first kappa shape index (κ1) is 11.9. The lowest BCUT2D eigenvalue weighted by atomic mass is 10.4. The molecule has 0 bridgehead atoms. The molecule has 0 saturated carbocycles. The molecule has 74 valence electrons. The molecule has 0 radical (unpaired) electrons. The molecular weight excluding hydrogens is 194 g/mol. The van der Waals surface area contributed by atoms with Gasteiger partial charge in [-0.3, -0.25) is 4.79 Å². The van der Waals surface area contributed by atoms with Crippen LogP contribution in [0.3, 0.4) is 0 Å². The average Bonchev–Trinajstić information content (AvgIpc) is 2.03. The molecule has 0 aromatic heterocycles. The van der Waals surface area contributed by atoms with Gasteiger partial charge in [-0.2, -0.15) is 5.26 Å². The van der Waals surface area contributed by atoms with Crippen LogP contribution in [-0.2, 0) is 14.8 Å². The standard InChI is InChI=1S/C6H11N3O3S/c1-8-6(10)2-4-9-13(11,12)5-3-7/h9H,2,4-5H2,1H3,(H,8,10). The molecule has 13 heavy (non-hydrogen) atoms. The van der Waals surface area contributed by atoms with Crippen molar-refractivity contribution in [1.82, 2.24) is 10.0 Å². The summed E-state index contributed by atoms with van der Waals surface area (Å²) in [4.78, 5) is 10.6. The summed E-state index contributed by atoms with van der Waals surface area (Å²) >= 11 is 0. The summed E-state index contributed by atoms with van der Waals surface area (Å²) in [5, 5.41) is 10.5. The van der Waals surface area contributed by atoms with Gasteiger partial charge in [0.15, 0.2) is 5.75 Å². The van der Waals surface area contributed by atoms with E-state index in [0.717, 1.165) is 0 Å². The van der Waals surface area contributed by atoms with Gasteiger partial charge in [-0.15, -0.1) is 0 Å². The van der Waals surface area contributed by atoms with Crippen LogP contribution in [0.15, 0.2) is 0 Å². The van der Waals surface area contributed by atoms with E-state index in [9.17, 15) is 13.2 Å². The van der Waals surface area contributed by atoms with Crippen molar-refractivity contribution in [3.05, 3.63) is 0 Å². The maximum absolute atomic E-state index is 10.8. The van der Waals surface area contributed by atoms with Crippen LogP contribution < -0.4 is 10.0 Å². The molecule has 0 aliphatic rings. The van der Waals surface area contributed by atoms with Gasteiger partial charge in [0, 0.05) is 20.0 Å².